The van der Waals surface area contributed by atoms with Crippen LogP contribution < -0.4 is 25.1 Å². The van der Waals surface area contributed by atoms with Crippen molar-refractivity contribution < 1.29 is 22.7 Å². The molecule has 0 fully saturated rings. The van der Waals surface area contributed by atoms with Gasteiger partial charge in [-0.2, -0.15) is 9.97 Å². The van der Waals surface area contributed by atoms with Gasteiger partial charge in [0.05, 0.1) is 37.5 Å². The van der Waals surface area contributed by atoms with Gasteiger partial charge in [-0.05, 0) is 12.1 Å². The predicted molar refractivity (Wildman–Crippen MR) is 101 cm³/mol. The summed E-state index contributed by atoms with van der Waals surface area (Å²) in [6.07, 6.45) is 1.27. The maximum absolute atomic E-state index is 12.7. The van der Waals surface area contributed by atoms with Gasteiger partial charge in [-0.3, -0.25) is 10.1 Å². The summed E-state index contributed by atoms with van der Waals surface area (Å²) in [6.45, 7) is 0. The van der Waals surface area contributed by atoms with Gasteiger partial charge in [-0.1, -0.05) is 6.07 Å². The Morgan fingerprint density at radius 2 is 1.79 bits per heavy atom. The Morgan fingerprint density at radius 3 is 2.41 bits per heavy atom. The molecule has 152 valence electrons. The molecule has 3 aromatic rings. The van der Waals surface area contributed by atoms with E-state index in [9.17, 15) is 18.0 Å². The quantitative estimate of drug-likeness (QED) is 0.591. The Morgan fingerprint density at radius 1 is 1.14 bits per heavy atom. The largest absolute Gasteiger partial charge is 0.481 e. The first-order valence-corrected chi connectivity index (χ1v) is 9.48. The van der Waals surface area contributed by atoms with Crippen LogP contribution in [0.25, 0.3) is 10.9 Å². The van der Waals surface area contributed by atoms with Gasteiger partial charge in [0.25, 0.3) is 15.6 Å². The highest BCUT2D eigenvalue weighted by Gasteiger charge is 2.23. The van der Waals surface area contributed by atoms with Crippen LogP contribution in [0.3, 0.4) is 0 Å². The molecule has 0 aliphatic rings. The van der Waals surface area contributed by atoms with E-state index in [2.05, 4.69) is 20.3 Å². The molecule has 2 aromatic heterocycles. The van der Waals surface area contributed by atoms with Gasteiger partial charge in [0, 0.05) is 7.05 Å². The Hall–Kier alpha value is -3.74. The second-order valence-electron chi connectivity index (χ2n) is 5.65. The van der Waals surface area contributed by atoms with Crippen molar-refractivity contribution in [3.63, 3.8) is 0 Å². The maximum atomic E-state index is 12.7. The van der Waals surface area contributed by atoms with E-state index in [-0.39, 0.29) is 33.5 Å². The fourth-order valence-electron chi connectivity index (χ4n) is 2.42. The highest BCUT2D eigenvalue weighted by Crippen LogP contribution is 2.19. The molecule has 2 amide bonds. The Bertz CT molecular complexity index is 1230. The highest BCUT2D eigenvalue weighted by atomic mass is 32.2. The number of urea groups is 1. The zero-order valence-electron chi connectivity index (χ0n) is 15.5. The van der Waals surface area contributed by atoms with Gasteiger partial charge >= 0.3 is 6.03 Å². The van der Waals surface area contributed by atoms with Gasteiger partial charge in [0.1, 0.15) is 4.90 Å². The van der Waals surface area contributed by atoms with Crippen LogP contribution in [0.1, 0.15) is 0 Å². The van der Waals surface area contributed by atoms with Crippen LogP contribution in [0, 0.1) is 0 Å². The smallest absolute Gasteiger partial charge is 0.335 e. The van der Waals surface area contributed by atoms with Crippen LogP contribution in [0.4, 0.5) is 10.7 Å². The zero-order valence-corrected chi connectivity index (χ0v) is 16.3. The monoisotopic (exact) mass is 420 g/mol. The summed E-state index contributed by atoms with van der Waals surface area (Å²) >= 11 is 0. The third-order valence-electron chi connectivity index (χ3n) is 3.75. The number of methoxy groups -OCH3 is 2. The van der Waals surface area contributed by atoms with Crippen LogP contribution in [-0.4, -0.2) is 48.2 Å². The Labute approximate surface area is 164 Å². The van der Waals surface area contributed by atoms with E-state index in [1.807, 2.05) is 4.72 Å². The average molecular weight is 420 g/mol. The van der Waals surface area contributed by atoms with Crippen LogP contribution in [0.2, 0.25) is 0 Å². The lowest BCUT2D eigenvalue weighted by molar-refractivity contribution is 0.256. The second kappa shape index (κ2) is 7.71. The van der Waals surface area contributed by atoms with Crippen molar-refractivity contribution in [2.45, 2.75) is 4.90 Å². The molecule has 2 N–H and O–H groups in total. The Kier molecular flexibility index (Phi) is 5.32. The van der Waals surface area contributed by atoms with Crippen molar-refractivity contribution in [1.29, 1.82) is 0 Å². The summed E-state index contributed by atoms with van der Waals surface area (Å²) in [7, 11) is -0.269. The molecule has 29 heavy (non-hydrogen) atoms. The molecule has 0 aliphatic heterocycles. The van der Waals surface area contributed by atoms with Crippen LogP contribution in [-0.2, 0) is 17.1 Å². The number of nitrogens with zero attached hydrogens (tertiary/aromatic N) is 4. The summed E-state index contributed by atoms with van der Waals surface area (Å²) in [4.78, 5) is 36.0. The standard InChI is InChI=1S/C16H16N6O6S/c1-22-8-17-9-5-4-6-10(13(9)14(22)23)29(25,26)21-16(24)20-15-18-11(27-2)7-12(19-15)28-3/h4-8H,1-3H3,(H2,18,19,20,21,24). The van der Waals surface area contributed by atoms with Gasteiger partial charge in [0.15, 0.2) is 0 Å². The molecule has 0 spiro atoms. The number of carbonyl (C=O) groups excluding carboxylic acids is 1. The number of hydrogen-bond donors (Lipinski definition) is 2. The fourth-order valence-corrected chi connectivity index (χ4v) is 3.54. The molecule has 3 rings (SSSR count). The van der Waals surface area contributed by atoms with Crippen molar-refractivity contribution in [3.8, 4) is 11.8 Å². The minimum Gasteiger partial charge on any atom is -0.481 e. The van der Waals surface area contributed by atoms with Crippen molar-refractivity contribution in [2.24, 2.45) is 7.05 Å². The van der Waals surface area contributed by atoms with Crippen molar-refractivity contribution in [1.82, 2.24) is 24.2 Å². The fraction of sp³-hybridized carbons (Fsp3) is 0.188. The molecule has 0 aliphatic carbocycles. The van der Waals surface area contributed by atoms with E-state index in [0.29, 0.717) is 0 Å². The number of hydrogen-bond acceptors (Lipinski definition) is 9. The molecular formula is C16H16N6O6S. The van der Waals surface area contributed by atoms with E-state index < -0.39 is 21.6 Å². The number of aryl methyl sites for hydroxylation is 1. The van der Waals surface area contributed by atoms with Gasteiger partial charge in [0.2, 0.25) is 17.7 Å². The van der Waals surface area contributed by atoms with Crippen LogP contribution >= 0.6 is 0 Å². The van der Waals surface area contributed by atoms with Crippen LogP contribution in [0.5, 0.6) is 11.8 Å². The third kappa shape index (κ3) is 4.08. The Balaban J connectivity index is 1.93. The van der Waals surface area contributed by atoms with Crippen molar-refractivity contribution in [2.75, 3.05) is 19.5 Å². The normalized spacial score (nSPS) is 11.1. The average Bonchev–Trinajstić information content (AvgIpc) is 2.69. The summed E-state index contributed by atoms with van der Waals surface area (Å²) in [6, 6.07) is 4.34. The number of anilines is 1. The summed E-state index contributed by atoms with van der Waals surface area (Å²) in [5.41, 5.74) is -0.394. The lowest BCUT2D eigenvalue weighted by Crippen LogP contribution is -2.35. The number of ether oxygens (including phenoxy) is 2. The summed E-state index contributed by atoms with van der Waals surface area (Å²) in [5.74, 6) is -0.0540. The molecule has 2 heterocycles. The summed E-state index contributed by atoms with van der Waals surface area (Å²) < 4.78 is 38.3. The summed E-state index contributed by atoms with van der Waals surface area (Å²) in [5, 5.41) is 2.04. The van der Waals surface area contributed by atoms with E-state index in [1.54, 1.807) is 0 Å². The topological polar surface area (TPSA) is 154 Å². The van der Waals surface area contributed by atoms with Crippen molar-refractivity contribution in [3.05, 3.63) is 40.9 Å². The first-order chi connectivity index (χ1) is 13.7. The number of rotatable bonds is 5. The highest BCUT2D eigenvalue weighted by molar-refractivity contribution is 7.90. The molecule has 13 heteroatoms. The molecular weight excluding hydrogens is 404 g/mol. The number of carbonyl (C=O) groups is 1. The molecule has 0 saturated heterocycles. The number of benzene rings is 1. The van der Waals surface area contributed by atoms with Gasteiger partial charge in [-0.15, -0.1) is 0 Å². The lowest BCUT2D eigenvalue weighted by atomic mass is 10.2. The minimum atomic E-state index is -4.41. The molecule has 0 saturated carbocycles. The van der Waals surface area contributed by atoms with Crippen LogP contribution in [0.15, 0.2) is 40.3 Å². The molecule has 0 atom stereocenters. The second-order valence-corrected chi connectivity index (χ2v) is 7.30. The maximum Gasteiger partial charge on any atom is 0.335 e. The van der Waals surface area contributed by atoms with E-state index in [1.165, 1.54) is 51.9 Å². The number of amides is 2. The molecule has 12 nitrogen and oxygen atoms in total. The molecule has 0 radical (unpaired) electrons. The molecule has 0 bridgehead atoms. The number of fused-ring (bicyclic) bond motifs is 1. The zero-order chi connectivity index (χ0) is 21.2. The van der Waals surface area contributed by atoms with Gasteiger partial charge < -0.3 is 14.0 Å². The number of aromatic nitrogens is 4. The number of sulfonamides is 1. The number of nitrogens with one attached hydrogen (secondary N) is 2. The third-order valence-corrected chi connectivity index (χ3v) is 5.12. The minimum absolute atomic E-state index is 0.0960. The predicted octanol–water partition coefficient (Wildman–Crippen LogP) is 0.251. The first-order valence-electron chi connectivity index (χ1n) is 8.00. The SMILES string of the molecule is COc1cc(OC)nc(NC(=O)NS(=O)(=O)c2cccc3ncn(C)c(=O)c23)n1. The van der Waals surface area contributed by atoms with Gasteiger partial charge in [-0.25, -0.2) is 22.9 Å². The van der Waals surface area contributed by atoms with E-state index in [4.69, 9.17) is 9.47 Å². The van der Waals surface area contributed by atoms with E-state index in [0.717, 1.165) is 4.57 Å². The molecule has 0 unspecified atom stereocenters. The van der Waals surface area contributed by atoms with Crippen molar-refractivity contribution >= 4 is 32.9 Å². The van der Waals surface area contributed by atoms with E-state index >= 15 is 0 Å². The molecule has 1 aromatic carbocycles. The lowest BCUT2D eigenvalue weighted by Gasteiger charge is -2.11. The first kappa shape index (κ1) is 20.0.